The average Bonchev–Trinajstić information content (AvgIpc) is 3.02. The molecule has 5 aromatic rings. The Balaban J connectivity index is 1.69. The minimum absolute atomic E-state index is 0.394. The van der Waals surface area contributed by atoms with Crippen molar-refractivity contribution in [2.75, 3.05) is 0 Å². The summed E-state index contributed by atoms with van der Waals surface area (Å²) in [5, 5.41) is 6.16. The fraction of sp³-hybridized carbons (Fsp3) is 0.0500. The van der Waals surface area contributed by atoms with E-state index in [1.165, 1.54) is 6.07 Å². The Morgan fingerprint density at radius 2 is 1.88 bits per heavy atom. The van der Waals surface area contributed by atoms with E-state index in [-0.39, 0.29) is 0 Å². The molecule has 0 fully saturated rings. The number of hydrogen-bond donors (Lipinski definition) is 0. The molecule has 3 heterocycles. The Hall–Kier alpha value is -3.67. The second kappa shape index (κ2) is 5.42. The largest absolute Gasteiger partial charge is 0.438 e. The van der Waals surface area contributed by atoms with Crippen LogP contribution in [0.2, 0.25) is 0 Å². The first-order chi connectivity index (χ1) is 12.7. The van der Waals surface area contributed by atoms with Gasteiger partial charge in [-0.3, -0.25) is 0 Å². The van der Waals surface area contributed by atoms with E-state index in [1.54, 1.807) is 16.6 Å². The summed E-state index contributed by atoms with van der Waals surface area (Å²) in [5.41, 5.74) is 2.58. The molecule has 6 nitrogen and oxygen atoms in total. The van der Waals surface area contributed by atoms with Gasteiger partial charge in [0.15, 0.2) is 5.65 Å². The molecule has 6 heteroatoms. The van der Waals surface area contributed by atoms with Crippen molar-refractivity contribution < 1.29 is 9.15 Å². The standard InChI is InChI=1S/C20H13N3O3/c1-12-10-18-21-20(15-4-2-3-5-16(15)23(18)22-12)25-14-8-6-13-7-9-19(24)26-17(13)11-14/h2-11H,1H3. The summed E-state index contributed by atoms with van der Waals surface area (Å²) >= 11 is 0. The van der Waals surface area contributed by atoms with Gasteiger partial charge < -0.3 is 9.15 Å². The first-order valence-corrected chi connectivity index (χ1v) is 8.14. The first kappa shape index (κ1) is 14.7. The van der Waals surface area contributed by atoms with Gasteiger partial charge in [-0.1, -0.05) is 12.1 Å². The van der Waals surface area contributed by atoms with Crippen LogP contribution in [0.25, 0.3) is 27.5 Å². The van der Waals surface area contributed by atoms with Crippen LogP contribution in [-0.4, -0.2) is 14.6 Å². The molecule has 0 radical (unpaired) electrons. The minimum Gasteiger partial charge on any atom is -0.438 e. The van der Waals surface area contributed by atoms with Crippen molar-refractivity contribution in [2.24, 2.45) is 0 Å². The van der Waals surface area contributed by atoms with E-state index in [4.69, 9.17) is 9.15 Å². The van der Waals surface area contributed by atoms with E-state index in [0.29, 0.717) is 22.9 Å². The second-order valence-corrected chi connectivity index (χ2v) is 6.05. The van der Waals surface area contributed by atoms with E-state index < -0.39 is 5.63 Å². The summed E-state index contributed by atoms with van der Waals surface area (Å²) in [4.78, 5) is 16.1. The maximum Gasteiger partial charge on any atom is 0.336 e. The number of ether oxygens (including phenoxy) is 1. The zero-order valence-electron chi connectivity index (χ0n) is 13.8. The lowest BCUT2D eigenvalue weighted by Crippen LogP contribution is -1.98. The van der Waals surface area contributed by atoms with Crippen LogP contribution in [0.1, 0.15) is 5.69 Å². The number of aryl methyl sites for hydroxylation is 1. The summed E-state index contributed by atoms with van der Waals surface area (Å²) in [6.07, 6.45) is 0. The Morgan fingerprint density at radius 3 is 2.81 bits per heavy atom. The molecule has 0 spiro atoms. The summed E-state index contributed by atoms with van der Waals surface area (Å²) < 4.78 is 13.1. The maximum absolute atomic E-state index is 11.4. The predicted octanol–water partition coefficient (Wildman–Crippen LogP) is 4.09. The third-order valence-electron chi connectivity index (χ3n) is 4.20. The molecule has 0 aliphatic rings. The molecule has 0 amide bonds. The molecular weight excluding hydrogens is 330 g/mol. The highest BCUT2D eigenvalue weighted by Gasteiger charge is 2.12. The number of hydrogen-bond acceptors (Lipinski definition) is 5. The van der Waals surface area contributed by atoms with Crippen molar-refractivity contribution >= 4 is 27.5 Å². The first-order valence-electron chi connectivity index (χ1n) is 8.14. The molecule has 0 saturated heterocycles. The Labute approximate surface area is 147 Å². The third-order valence-corrected chi connectivity index (χ3v) is 4.20. The fourth-order valence-electron chi connectivity index (χ4n) is 3.04. The van der Waals surface area contributed by atoms with Gasteiger partial charge in [-0.05, 0) is 37.3 Å². The maximum atomic E-state index is 11.4. The topological polar surface area (TPSA) is 69.6 Å². The number of para-hydroxylation sites is 1. The molecule has 0 bridgehead atoms. The smallest absolute Gasteiger partial charge is 0.336 e. The van der Waals surface area contributed by atoms with E-state index >= 15 is 0 Å². The molecule has 0 unspecified atom stereocenters. The molecule has 0 atom stereocenters. The van der Waals surface area contributed by atoms with Crippen molar-refractivity contribution in [1.82, 2.24) is 14.6 Å². The summed E-state index contributed by atoms with van der Waals surface area (Å²) in [6.45, 7) is 1.93. The van der Waals surface area contributed by atoms with Crippen molar-refractivity contribution in [1.29, 1.82) is 0 Å². The number of fused-ring (bicyclic) bond motifs is 4. The van der Waals surface area contributed by atoms with Gasteiger partial charge in [0.05, 0.1) is 16.6 Å². The van der Waals surface area contributed by atoms with Crippen molar-refractivity contribution in [3.63, 3.8) is 0 Å². The van der Waals surface area contributed by atoms with Crippen LogP contribution in [0.5, 0.6) is 11.6 Å². The molecule has 3 aromatic heterocycles. The van der Waals surface area contributed by atoms with E-state index in [0.717, 1.165) is 22.0 Å². The van der Waals surface area contributed by atoms with Crippen LogP contribution in [0.4, 0.5) is 0 Å². The van der Waals surface area contributed by atoms with Gasteiger partial charge in [0, 0.05) is 23.6 Å². The molecule has 2 aromatic carbocycles. The lowest BCUT2D eigenvalue weighted by molar-refractivity contribution is 0.468. The van der Waals surface area contributed by atoms with Crippen LogP contribution in [0, 0.1) is 6.92 Å². The number of aromatic nitrogens is 3. The van der Waals surface area contributed by atoms with Gasteiger partial charge in [0.2, 0.25) is 5.88 Å². The van der Waals surface area contributed by atoms with Gasteiger partial charge in [0.1, 0.15) is 11.3 Å². The fourth-order valence-corrected chi connectivity index (χ4v) is 3.04. The molecule has 0 aliphatic carbocycles. The molecule has 0 aliphatic heterocycles. The number of rotatable bonds is 2. The minimum atomic E-state index is -0.394. The Kier molecular flexibility index (Phi) is 3.05. The highest BCUT2D eigenvalue weighted by molar-refractivity contribution is 5.86. The lowest BCUT2D eigenvalue weighted by Gasteiger charge is -2.09. The van der Waals surface area contributed by atoms with Gasteiger partial charge in [-0.2, -0.15) is 10.1 Å². The molecule has 126 valence electrons. The summed E-state index contributed by atoms with van der Waals surface area (Å²) in [6, 6.07) is 18.2. The van der Waals surface area contributed by atoms with Crippen LogP contribution in [0.15, 0.2) is 69.9 Å². The van der Waals surface area contributed by atoms with Crippen LogP contribution in [0.3, 0.4) is 0 Å². The van der Waals surface area contributed by atoms with Crippen molar-refractivity contribution in [3.05, 3.63) is 76.8 Å². The average molecular weight is 343 g/mol. The number of nitrogens with zero attached hydrogens (tertiary/aromatic N) is 3. The van der Waals surface area contributed by atoms with Gasteiger partial charge in [0.25, 0.3) is 0 Å². The summed E-state index contributed by atoms with van der Waals surface area (Å²) in [7, 11) is 0. The van der Waals surface area contributed by atoms with E-state index in [2.05, 4.69) is 10.1 Å². The van der Waals surface area contributed by atoms with E-state index in [9.17, 15) is 4.79 Å². The normalized spacial score (nSPS) is 11.4. The highest BCUT2D eigenvalue weighted by atomic mass is 16.5. The second-order valence-electron chi connectivity index (χ2n) is 6.05. The zero-order chi connectivity index (χ0) is 17.7. The van der Waals surface area contributed by atoms with Gasteiger partial charge >= 0.3 is 5.63 Å². The van der Waals surface area contributed by atoms with Crippen LogP contribution >= 0.6 is 0 Å². The van der Waals surface area contributed by atoms with Crippen LogP contribution < -0.4 is 10.4 Å². The molecule has 0 N–H and O–H groups in total. The number of benzene rings is 2. The molecule has 5 rings (SSSR count). The van der Waals surface area contributed by atoms with Gasteiger partial charge in [-0.15, -0.1) is 0 Å². The monoisotopic (exact) mass is 343 g/mol. The predicted molar refractivity (Wildman–Crippen MR) is 97.8 cm³/mol. The Morgan fingerprint density at radius 1 is 1.04 bits per heavy atom. The third kappa shape index (κ3) is 2.31. The van der Waals surface area contributed by atoms with E-state index in [1.807, 2.05) is 49.4 Å². The zero-order valence-corrected chi connectivity index (χ0v) is 13.8. The molecular formula is C20H13N3O3. The SMILES string of the molecule is Cc1cc2nc(Oc3ccc4ccc(=O)oc4c3)c3ccccc3n2n1. The Bertz CT molecular complexity index is 1350. The van der Waals surface area contributed by atoms with Crippen LogP contribution in [-0.2, 0) is 0 Å². The quantitative estimate of drug-likeness (QED) is 0.452. The molecule has 26 heavy (non-hydrogen) atoms. The van der Waals surface area contributed by atoms with Gasteiger partial charge in [-0.25, -0.2) is 9.31 Å². The van der Waals surface area contributed by atoms with Crippen molar-refractivity contribution in [3.8, 4) is 11.6 Å². The van der Waals surface area contributed by atoms with Crippen molar-refractivity contribution in [2.45, 2.75) is 6.92 Å². The highest BCUT2D eigenvalue weighted by Crippen LogP contribution is 2.30. The summed E-state index contributed by atoms with van der Waals surface area (Å²) in [5.74, 6) is 1.02. The molecule has 0 saturated carbocycles. The lowest BCUT2D eigenvalue weighted by atomic mass is 10.2.